The minimum absolute atomic E-state index is 0.0715. The summed E-state index contributed by atoms with van der Waals surface area (Å²) in [7, 11) is 1.75. The van der Waals surface area contributed by atoms with Crippen LogP contribution in [-0.2, 0) is 4.79 Å². The van der Waals surface area contributed by atoms with Gasteiger partial charge in [0.05, 0.1) is 5.41 Å². The van der Waals surface area contributed by atoms with Gasteiger partial charge < -0.3 is 5.32 Å². The lowest BCUT2D eigenvalue weighted by Crippen LogP contribution is -2.49. The first kappa shape index (κ1) is 13.5. The van der Waals surface area contributed by atoms with Crippen molar-refractivity contribution in [1.82, 2.24) is 5.32 Å². The quantitative estimate of drug-likeness (QED) is 0.769. The number of carbonyl (C=O) groups is 1. The second-order valence-electron chi connectivity index (χ2n) is 6.49. The van der Waals surface area contributed by atoms with E-state index in [2.05, 4.69) is 46.9 Å². The third-order valence-corrected chi connectivity index (χ3v) is 5.42. The SMILES string of the molecule is CNC(=O)C1(C)C(C(C)C)CC(C)C1(C)C. The predicted molar refractivity (Wildman–Crippen MR) is 68.1 cm³/mol. The number of rotatable bonds is 2. The highest BCUT2D eigenvalue weighted by molar-refractivity contribution is 5.83. The smallest absolute Gasteiger partial charge is 0.226 e. The van der Waals surface area contributed by atoms with Gasteiger partial charge in [-0.3, -0.25) is 4.79 Å². The summed E-state index contributed by atoms with van der Waals surface area (Å²) in [6, 6.07) is 0. The molecule has 0 heterocycles. The zero-order valence-electron chi connectivity index (χ0n) is 11.8. The van der Waals surface area contributed by atoms with Crippen LogP contribution in [0.1, 0.15) is 48.0 Å². The Morgan fingerprint density at radius 2 is 1.81 bits per heavy atom. The second kappa shape index (κ2) is 4.05. The molecule has 94 valence electrons. The molecule has 3 atom stereocenters. The standard InChI is InChI=1S/C14H27NO/c1-9(2)11-8-10(3)13(4,5)14(11,6)12(16)15-7/h9-11H,8H2,1-7H3,(H,15,16). The van der Waals surface area contributed by atoms with Gasteiger partial charge in [-0.2, -0.15) is 0 Å². The van der Waals surface area contributed by atoms with Crippen molar-refractivity contribution in [2.45, 2.75) is 48.0 Å². The van der Waals surface area contributed by atoms with E-state index in [9.17, 15) is 4.79 Å². The molecule has 3 unspecified atom stereocenters. The molecular formula is C14H27NO. The van der Waals surface area contributed by atoms with Crippen LogP contribution in [-0.4, -0.2) is 13.0 Å². The van der Waals surface area contributed by atoms with Crippen molar-refractivity contribution in [3.05, 3.63) is 0 Å². The van der Waals surface area contributed by atoms with E-state index in [1.807, 2.05) is 0 Å². The van der Waals surface area contributed by atoms with Crippen molar-refractivity contribution < 1.29 is 4.79 Å². The first-order chi connectivity index (χ1) is 7.19. The monoisotopic (exact) mass is 225 g/mol. The van der Waals surface area contributed by atoms with Gasteiger partial charge in [0.25, 0.3) is 0 Å². The van der Waals surface area contributed by atoms with E-state index in [0.29, 0.717) is 17.8 Å². The lowest BCUT2D eigenvalue weighted by Gasteiger charge is -2.43. The van der Waals surface area contributed by atoms with Crippen molar-refractivity contribution in [2.75, 3.05) is 7.05 Å². The molecule has 1 aliphatic carbocycles. The summed E-state index contributed by atoms with van der Waals surface area (Å²) in [6.07, 6.45) is 1.16. The van der Waals surface area contributed by atoms with Gasteiger partial charge in [-0.25, -0.2) is 0 Å². The van der Waals surface area contributed by atoms with Gasteiger partial charge in [0, 0.05) is 7.05 Å². The van der Waals surface area contributed by atoms with E-state index >= 15 is 0 Å². The molecule has 16 heavy (non-hydrogen) atoms. The lowest BCUT2D eigenvalue weighted by molar-refractivity contribution is -0.139. The highest BCUT2D eigenvalue weighted by Gasteiger charge is 2.60. The molecule has 0 aromatic rings. The van der Waals surface area contributed by atoms with Crippen molar-refractivity contribution in [3.8, 4) is 0 Å². The van der Waals surface area contributed by atoms with Crippen LogP contribution >= 0.6 is 0 Å². The van der Waals surface area contributed by atoms with Crippen LogP contribution in [0.3, 0.4) is 0 Å². The number of carbonyl (C=O) groups excluding carboxylic acids is 1. The fourth-order valence-corrected chi connectivity index (χ4v) is 3.56. The maximum Gasteiger partial charge on any atom is 0.226 e. The highest BCUT2D eigenvalue weighted by atomic mass is 16.2. The number of hydrogen-bond donors (Lipinski definition) is 1. The molecule has 2 nitrogen and oxygen atoms in total. The molecule has 0 bridgehead atoms. The van der Waals surface area contributed by atoms with Crippen LogP contribution in [0, 0.1) is 28.6 Å². The topological polar surface area (TPSA) is 29.1 Å². The summed E-state index contributed by atoms with van der Waals surface area (Å²) >= 11 is 0. The van der Waals surface area contributed by atoms with Crippen LogP contribution in [0.25, 0.3) is 0 Å². The molecule has 0 radical (unpaired) electrons. The van der Waals surface area contributed by atoms with Crippen LogP contribution in [0.5, 0.6) is 0 Å². The maximum absolute atomic E-state index is 12.3. The minimum atomic E-state index is -0.241. The molecule has 0 aliphatic heterocycles. The molecule has 1 N–H and O–H groups in total. The Balaban J connectivity index is 3.21. The average Bonchev–Trinajstić information content (AvgIpc) is 2.38. The average molecular weight is 225 g/mol. The van der Waals surface area contributed by atoms with E-state index in [1.54, 1.807) is 7.05 Å². The third kappa shape index (κ3) is 1.57. The van der Waals surface area contributed by atoms with Gasteiger partial charge in [0.2, 0.25) is 5.91 Å². The van der Waals surface area contributed by atoms with Crippen molar-refractivity contribution in [3.63, 3.8) is 0 Å². The van der Waals surface area contributed by atoms with E-state index in [0.717, 1.165) is 6.42 Å². The molecule has 0 aromatic heterocycles. The first-order valence-corrected chi connectivity index (χ1v) is 6.41. The number of amides is 1. The second-order valence-corrected chi connectivity index (χ2v) is 6.49. The highest BCUT2D eigenvalue weighted by Crippen LogP contribution is 2.60. The Kier molecular flexibility index (Phi) is 3.42. The molecule has 1 saturated carbocycles. The van der Waals surface area contributed by atoms with Gasteiger partial charge in [-0.15, -0.1) is 0 Å². The summed E-state index contributed by atoms with van der Waals surface area (Å²) in [6.45, 7) is 13.4. The van der Waals surface area contributed by atoms with Crippen molar-refractivity contribution in [1.29, 1.82) is 0 Å². The number of nitrogens with one attached hydrogen (secondary N) is 1. The molecular weight excluding hydrogens is 198 g/mol. The fourth-order valence-electron chi connectivity index (χ4n) is 3.56. The van der Waals surface area contributed by atoms with Crippen molar-refractivity contribution in [2.24, 2.45) is 28.6 Å². The normalized spacial score (nSPS) is 37.8. The molecule has 0 saturated heterocycles. The summed E-state index contributed by atoms with van der Waals surface area (Å²) < 4.78 is 0. The molecule has 2 heteroatoms. The zero-order chi connectivity index (χ0) is 12.7. The molecule has 1 fully saturated rings. The van der Waals surface area contributed by atoms with E-state index in [-0.39, 0.29) is 16.7 Å². The molecule has 0 aromatic carbocycles. The summed E-state index contributed by atoms with van der Waals surface area (Å²) in [5.41, 5.74) is -0.169. The van der Waals surface area contributed by atoms with Crippen LogP contribution in [0.4, 0.5) is 0 Å². The van der Waals surface area contributed by atoms with Gasteiger partial charge in [-0.1, -0.05) is 34.6 Å². The van der Waals surface area contributed by atoms with E-state index < -0.39 is 0 Å². The number of hydrogen-bond acceptors (Lipinski definition) is 1. The summed E-state index contributed by atoms with van der Waals surface area (Å²) in [5.74, 6) is 1.85. The Hall–Kier alpha value is -0.530. The van der Waals surface area contributed by atoms with Gasteiger partial charge in [0.1, 0.15) is 0 Å². The van der Waals surface area contributed by atoms with Crippen LogP contribution in [0.15, 0.2) is 0 Å². The van der Waals surface area contributed by atoms with E-state index in [4.69, 9.17) is 0 Å². The van der Waals surface area contributed by atoms with E-state index in [1.165, 1.54) is 0 Å². The first-order valence-electron chi connectivity index (χ1n) is 6.41. The van der Waals surface area contributed by atoms with Gasteiger partial charge in [-0.05, 0) is 36.5 Å². The van der Waals surface area contributed by atoms with Gasteiger partial charge in [0.15, 0.2) is 0 Å². The summed E-state index contributed by atoms with van der Waals surface area (Å²) in [4.78, 5) is 12.3. The fraction of sp³-hybridized carbons (Fsp3) is 0.929. The Morgan fingerprint density at radius 3 is 2.19 bits per heavy atom. The van der Waals surface area contributed by atoms with Gasteiger partial charge >= 0.3 is 0 Å². The predicted octanol–water partition coefficient (Wildman–Crippen LogP) is 3.08. The minimum Gasteiger partial charge on any atom is -0.359 e. The Morgan fingerprint density at radius 1 is 1.31 bits per heavy atom. The largest absolute Gasteiger partial charge is 0.359 e. The molecule has 1 aliphatic rings. The summed E-state index contributed by atoms with van der Waals surface area (Å²) in [5, 5.41) is 2.87. The lowest BCUT2D eigenvalue weighted by atomic mass is 9.61. The maximum atomic E-state index is 12.3. The third-order valence-electron chi connectivity index (χ3n) is 5.42. The van der Waals surface area contributed by atoms with Crippen LogP contribution < -0.4 is 5.32 Å². The molecule has 1 amide bonds. The van der Waals surface area contributed by atoms with Crippen LogP contribution in [0.2, 0.25) is 0 Å². The molecule has 1 rings (SSSR count). The molecule has 0 spiro atoms. The zero-order valence-corrected chi connectivity index (χ0v) is 11.8. The Labute approximate surface area is 100 Å². The Bertz CT molecular complexity index is 282. The van der Waals surface area contributed by atoms with Crippen molar-refractivity contribution >= 4 is 5.91 Å².